The van der Waals surface area contributed by atoms with Crippen LogP contribution in [-0.4, -0.2) is 4.98 Å². The number of rotatable bonds is 1. The van der Waals surface area contributed by atoms with Crippen LogP contribution in [0.3, 0.4) is 0 Å². The van der Waals surface area contributed by atoms with Crippen LogP contribution < -0.4 is 0 Å². The molecule has 0 saturated heterocycles. The van der Waals surface area contributed by atoms with Gasteiger partial charge in [0.05, 0.1) is 5.69 Å². The molecule has 0 aliphatic heterocycles. The van der Waals surface area contributed by atoms with E-state index >= 15 is 0 Å². The summed E-state index contributed by atoms with van der Waals surface area (Å²) in [5, 5.41) is 2.44. The van der Waals surface area contributed by atoms with Crippen molar-refractivity contribution in [3.8, 4) is 0 Å². The van der Waals surface area contributed by atoms with E-state index in [4.69, 9.17) is 0 Å². The van der Waals surface area contributed by atoms with Crippen LogP contribution in [-0.2, 0) is 0 Å². The van der Waals surface area contributed by atoms with Gasteiger partial charge in [-0.15, -0.1) is 0 Å². The summed E-state index contributed by atoms with van der Waals surface area (Å²) < 4.78 is 1.98. The molecule has 0 amide bonds. The van der Waals surface area contributed by atoms with E-state index in [9.17, 15) is 0 Å². The molecule has 13 heavy (non-hydrogen) atoms. The number of pyridine rings is 1. The second-order valence-electron chi connectivity index (χ2n) is 2.71. The number of aromatic nitrogens is 1. The van der Waals surface area contributed by atoms with Gasteiger partial charge in [-0.05, 0) is 21.6 Å². The topological polar surface area (TPSA) is 12.9 Å². The maximum atomic E-state index is 4.31. The van der Waals surface area contributed by atoms with Crippen LogP contribution in [0, 0.1) is 0 Å². The van der Waals surface area contributed by atoms with Gasteiger partial charge < -0.3 is 0 Å². The molecule has 0 radical (unpaired) electrons. The molecule has 0 aliphatic rings. The lowest BCUT2D eigenvalue weighted by atomic mass is 10.1. The van der Waals surface area contributed by atoms with Gasteiger partial charge in [-0.25, -0.2) is 0 Å². The summed E-state index contributed by atoms with van der Waals surface area (Å²) in [6.45, 7) is 0. The first-order valence-corrected chi connectivity index (χ1v) is 5.27. The van der Waals surface area contributed by atoms with Crippen molar-refractivity contribution < 1.29 is 0 Å². The van der Waals surface area contributed by atoms with Gasteiger partial charge in [0.2, 0.25) is 0 Å². The van der Waals surface area contributed by atoms with Crippen molar-refractivity contribution in [1.29, 1.82) is 0 Å². The van der Waals surface area contributed by atoms with E-state index in [-0.39, 0.29) is 0 Å². The van der Waals surface area contributed by atoms with E-state index < -0.39 is 0 Å². The van der Waals surface area contributed by atoms with Gasteiger partial charge in [-0.1, -0.05) is 46.9 Å². The number of fused-ring (bicyclic) bond motifs is 1. The molecule has 64 valence electrons. The molecule has 2 rings (SSSR count). The third-order valence-corrected chi connectivity index (χ3v) is 2.28. The first-order chi connectivity index (χ1) is 6.42. The Bertz CT molecular complexity index is 443. The van der Waals surface area contributed by atoms with Crippen LogP contribution in [0.5, 0.6) is 0 Å². The first-order valence-electron chi connectivity index (χ1n) is 4.02. The number of nitrogens with zero attached hydrogens (tertiary/aromatic N) is 1. The van der Waals surface area contributed by atoms with Gasteiger partial charge in [0.25, 0.3) is 0 Å². The van der Waals surface area contributed by atoms with Crippen molar-refractivity contribution in [2.75, 3.05) is 0 Å². The second kappa shape index (κ2) is 3.87. The fraction of sp³-hybridized carbons (Fsp3) is 0. The van der Waals surface area contributed by atoms with E-state index in [0.717, 1.165) is 5.69 Å². The average molecular weight is 281 g/mol. The molecule has 1 aromatic carbocycles. The fourth-order valence-electron chi connectivity index (χ4n) is 1.34. The van der Waals surface area contributed by atoms with Gasteiger partial charge in [-0.2, -0.15) is 0 Å². The van der Waals surface area contributed by atoms with Gasteiger partial charge in [0.1, 0.15) is 0 Å². The van der Waals surface area contributed by atoms with Crippen LogP contribution in [0.25, 0.3) is 16.8 Å². The molecular formula is C11H8IN. The van der Waals surface area contributed by atoms with E-state index in [0.29, 0.717) is 0 Å². The van der Waals surface area contributed by atoms with Crippen LogP contribution in [0.15, 0.2) is 40.6 Å². The van der Waals surface area contributed by atoms with Crippen molar-refractivity contribution in [2.24, 2.45) is 0 Å². The SMILES string of the molecule is I/C=C/c1nccc2ccccc12. The van der Waals surface area contributed by atoms with Crippen molar-refractivity contribution in [2.45, 2.75) is 0 Å². The van der Waals surface area contributed by atoms with E-state index in [1.54, 1.807) is 0 Å². The van der Waals surface area contributed by atoms with Crippen molar-refractivity contribution in [3.63, 3.8) is 0 Å². The molecule has 2 heteroatoms. The van der Waals surface area contributed by atoms with Gasteiger partial charge in [0, 0.05) is 11.6 Å². The molecule has 1 heterocycles. The zero-order valence-corrected chi connectivity index (χ0v) is 9.10. The fourth-order valence-corrected chi connectivity index (χ4v) is 1.68. The zero-order chi connectivity index (χ0) is 9.10. The van der Waals surface area contributed by atoms with Crippen LogP contribution in [0.2, 0.25) is 0 Å². The summed E-state index contributed by atoms with van der Waals surface area (Å²) in [5.41, 5.74) is 1.03. The van der Waals surface area contributed by atoms with Crippen LogP contribution in [0.1, 0.15) is 5.69 Å². The predicted octanol–water partition coefficient (Wildman–Crippen LogP) is 3.64. The van der Waals surface area contributed by atoms with Crippen molar-refractivity contribution in [3.05, 3.63) is 46.3 Å². The summed E-state index contributed by atoms with van der Waals surface area (Å²) in [5.74, 6) is 0. The Hall–Kier alpha value is -0.900. The lowest BCUT2D eigenvalue weighted by Crippen LogP contribution is -1.81. The standard InChI is InChI=1S/C11H8IN/c12-7-5-11-10-4-2-1-3-9(10)6-8-13-11/h1-8H/b7-5+. The lowest BCUT2D eigenvalue weighted by molar-refractivity contribution is 1.33. The van der Waals surface area contributed by atoms with E-state index in [2.05, 4.69) is 39.7 Å². The summed E-state index contributed by atoms with van der Waals surface area (Å²) in [6, 6.07) is 10.3. The highest BCUT2D eigenvalue weighted by molar-refractivity contribution is 14.1. The molecule has 2 aromatic rings. The summed E-state index contributed by atoms with van der Waals surface area (Å²) in [4.78, 5) is 4.31. The second-order valence-corrected chi connectivity index (χ2v) is 3.43. The van der Waals surface area contributed by atoms with Gasteiger partial charge in [0.15, 0.2) is 0 Å². The third-order valence-electron chi connectivity index (χ3n) is 1.93. The van der Waals surface area contributed by atoms with E-state index in [1.807, 2.05) is 34.6 Å². The van der Waals surface area contributed by atoms with Crippen LogP contribution >= 0.6 is 22.6 Å². The van der Waals surface area contributed by atoms with E-state index in [1.165, 1.54) is 10.8 Å². The quantitative estimate of drug-likeness (QED) is 0.727. The lowest BCUT2D eigenvalue weighted by Gasteiger charge is -1.99. The molecule has 1 nitrogen and oxygen atoms in total. The number of benzene rings is 1. The normalized spacial score (nSPS) is 11.2. The molecule has 0 fully saturated rings. The smallest absolute Gasteiger partial charge is 0.0712 e. The highest BCUT2D eigenvalue weighted by atomic mass is 127. The highest BCUT2D eigenvalue weighted by Gasteiger charge is 1.96. The summed E-state index contributed by atoms with van der Waals surface area (Å²) in [6.07, 6.45) is 3.86. The zero-order valence-electron chi connectivity index (χ0n) is 6.94. The third kappa shape index (κ3) is 1.72. The maximum absolute atomic E-state index is 4.31. The number of halogens is 1. The minimum atomic E-state index is 1.03. The largest absolute Gasteiger partial charge is 0.256 e. The Kier molecular flexibility index (Phi) is 2.59. The number of hydrogen-bond donors (Lipinski definition) is 0. The number of hydrogen-bond acceptors (Lipinski definition) is 1. The Morgan fingerprint density at radius 3 is 2.85 bits per heavy atom. The minimum Gasteiger partial charge on any atom is -0.256 e. The Morgan fingerprint density at radius 1 is 1.15 bits per heavy atom. The predicted molar refractivity (Wildman–Crippen MR) is 64.8 cm³/mol. The molecule has 0 atom stereocenters. The molecular weight excluding hydrogens is 273 g/mol. The Balaban J connectivity index is 2.75. The monoisotopic (exact) mass is 281 g/mol. The first kappa shape index (κ1) is 8.69. The maximum Gasteiger partial charge on any atom is 0.0712 e. The molecule has 1 aromatic heterocycles. The summed E-state index contributed by atoms with van der Waals surface area (Å²) >= 11 is 2.20. The molecule has 0 aliphatic carbocycles. The molecule has 0 bridgehead atoms. The Labute approximate surface area is 90.6 Å². The van der Waals surface area contributed by atoms with Crippen molar-refractivity contribution in [1.82, 2.24) is 4.98 Å². The summed E-state index contributed by atoms with van der Waals surface area (Å²) in [7, 11) is 0. The molecule has 0 saturated carbocycles. The molecule has 0 N–H and O–H groups in total. The Morgan fingerprint density at radius 2 is 2.00 bits per heavy atom. The van der Waals surface area contributed by atoms with Crippen molar-refractivity contribution >= 4 is 39.4 Å². The van der Waals surface area contributed by atoms with Gasteiger partial charge in [-0.3, -0.25) is 4.98 Å². The highest BCUT2D eigenvalue weighted by Crippen LogP contribution is 2.17. The minimum absolute atomic E-state index is 1.03. The van der Waals surface area contributed by atoms with Crippen LogP contribution in [0.4, 0.5) is 0 Å². The van der Waals surface area contributed by atoms with Gasteiger partial charge >= 0.3 is 0 Å². The average Bonchev–Trinajstić information content (AvgIpc) is 2.19. The molecule has 0 unspecified atom stereocenters. The molecule has 0 spiro atoms.